The van der Waals surface area contributed by atoms with Crippen molar-refractivity contribution in [3.05, 3.63) is 71.8 Å². The van der Waals surface area contributed by atoms with Crippen LogP contribution in [0.25, 0.3) is 0 Å². The molecule has 0 bridgehead atoms. The number of hydrogen-bond donors (Lipinski definition) is 0. The van der Waals surface area contributed by atoms with Gasteiger partial charge in [-0.25, -0.2) is 17.6 Å². The van der Waals surface area contributed by atoms with Crippen LogP contribution in [-0.2, 0) is 21.7 Å². The number of benzene rings is 2. The summed E-state index contributed by atoms with van der Waals surface area (Å²) in [5, 5.41) is 0. The fraction of sp³-hybridized carbons (Fsp3) is 0. The van der Waals surface area contributed by atoms with E-state index in [9.17, 15) is 17.6 Å². The Morgan fingerprint density at radius 2 is 1.06 bits per heavy atom. The molecule has 0 aliphatic heterocycles. The van der Waals surface area contributed by atoms with Gasteiger partial charge < -0.3 is 0 Å². The van der Waals surface area contributed by atoms with E-state index in [1.54, 1.807) is 0 Å². The van der Waals surface area contributed by atoms with E-state index in [0.29, 0.717) is 0 Å². The summed E-state index contributed by atoms with van der Waals surface area (Å²) in [5.41, 5.74) is 0. The van der Waals surface area contributed by atoms with E-state index in [0.717, 1.165) is 24.3 Å². The summed E-state index contributed by atoms with van der Waals surface area (Å²) >= 11 is 0. The third-order valence-electron chi connectivity index (χ3n) is 1.46. The molecule has 0 fully saturated rings. The van der Waals surface area contributed by atoms with E-state index in [4.69, 9.17) is 0 Å². The number of halogens is 4. The van der Waals surface area contributed by atoms with Crippen molar-refractivity contribution >= 4 is 0 Å². The van der Waals surface area contributed by atoms with Gasteiger partial charge in [-0.2, -0.15) is 12.1 Å². The standard InChI is InChI=1S/2C6H3F2.Ti/c2*7-5-2-1-3-6(8)4-5;/h2*1-2,4H;/q2*-1;+2. The maximum atomic E-state index is 11.9. The fourth-order valence-electron chi connectivity index (χ4n) is 0.823. The summed E-state index contributed by atoms with van der Waals surface area (Å²) in [7, 11) is 0. The molecule has 0 aromatic heterocycles. The van der Waals surface area contributed by atoms with E-state index in [1.807, 2.05) is 0 Å². The smallest absolute Gasteiger partial charge is 0.236 e. The van der Waals surface area contributed by atoms with Gasteiger partial charge in [-0.05, 0) is 0 Å². The molecular weight excluding hydrogens is 268 g/mol. The summed E-state index contributed by atoms with van der Waals surface area (Å²) in [6.07, 6.45) is 0. The van der Waals surface area contributed by atoms with Gasteiger partial charge in [-0.3, -0.25) is 0 Å². The van der Waals surface area contributed by atoms with Gasteiger partial charge in [0.1, 0.15) is 0 Å². The molecule has 0 aliphatic carbocycles. The maximum Gasteiger partial charge on any atom is 2.00 e. The van der Waals surface area contributed by atoms with Crippen molar-refractivity contribution < 1.29 is 39.3 Å². The first-order valence-corrected chi connectivity index (χ1v) is 4.23. The first kappa shape index (κ1) is 15.9. The van der Waals surface area contributed by atoms with Gasteiger partial charge >= 0.3 is 21.7 Å². The molecular formula is C12H6F4Ti. The second kappa shape index (κ2) is 8.04. The van der Waals surface area contributed by atoms with Crippen molar-refractivity contribution in [2.24, 2.45) is 0 Å². The summed E-state index contributed by atoms with van der Waals surface area (Å²) < 4.78 is 47.6. The molecule has 17 heavy (non-hydrogen) atoms. The molecule has 2 aromatic rings. The van der Waals surface area contributed by atoms with Crippen LogP contribution >= 0.6 is 0 Å². The minimum absolute atomic E-state index is 0. The van der Waals surface area contributed by atoms with Crippen LogP contribution in [0.1, 0.15) is 0 Å². The molecule has 0 aliphatic rings. The van der Waals surface area contributed by atoms with E-state index < -0.39 is 23.3 Å². The quantitative estimate of drug-likeness (QED) is 0.391. The topological polar surface area (TPSA) is 0 Å². The first-order chi connectivity index (χ1) is 7.58. The first-order valence-electron chi connectivity index (χ1n) is 4.23. The van der Waals surface area contributed by atoms with Crippen LogP contribution in [0.4, 0.5) is 17.6 Å². The molecule has 0 saturated heterocycles. The molecule has 0 radical (unpaired) electrons. The van der Waals surface area contributed by atoms with Gasteiger partial charge in [-0.1, -0.05) is 0 Å². The predicted octanol–water partition coefficient (Wildman–Crippen LogP) is 3.53. The van der Waals surface area contributed by atoms with Gasteiger partial charge in [0, 0.05) is 23.3 Å². The average molecular weight is 274 g/mol. The zero-order valence-electron chi connectivity index (χ0n) is 8.48. The van der Waals surface area contributed by atoms with E-state index in [-0.39, 0.29) is 21.7 Å². The zero-order chi connectivity index (χ0) is 12.0. The van der Waals surface area contributed by atoms with Gasteiger partial charge in [0.25, 0.3) is 0 Å². The molecule has 0 N–H and O–H groups in total. The third-order valence-corrected chi connectivity index (χ3v) is 1.46. The van der Waals surface area contributed by atoms with E-state index in [2.05, 4.69) is 12.1 Å². The van der Waals surface area contributed by atoms with Crippen LogP contribution < -0.4 is 0 Å². The van der Waals surface area contributed by atoms with Crippen molar-refractivity contribution in [3.8, 4) is 0 Å². The van der Waals surface area contributed by atoms with Crippen molar-refractivity contribution in [2.75, 3.05) is 0 Å². The third kappa shape index (κ3) is 6.92. The van der Waals surface area contributed by atoms with Gasteiger partial charge in [0.15, 0.2) is 0 Å². The van der Waals surface area contributed by atoms with Crippen LogP contribution in [0, 0.1) is 35.4 Å². The van der Waals surface area contributed by atoms with E-state index >= 15 is 0 Å². The van der Waals surface area contributed by atoms with Gasteiger partial charge in [-0.15, -0.1) is 36.4 Å². The zero-order valence-corrected chi connectivity index (χ0v) is 10.0. The predicted molar refractivity (Wildman–Crippen MR) is 50.4 cm³/mol. The summed E-state index contributed by atoms with van der Waals surface area (Å²) in [5.74, 6) is -2.46. The Balaban J connectivity index is 0.000000284. The van der Waals surface area contributed by atoms with Crippen molar-refractivity contribution in [2.45, 2.75) is 0 Å². The molecule has 5 heteroatoms. The number of hydrogen-bond acceptors (Lipinski definition) is 0. The maximum absolute atomic E-state index is 11.9. The summed E-state index contributed by atoms with van der Waals surface area (Å²) in [4.78, 5) is 0. The van der Waals surface area contributed by atoms with Gasteiger partial charge in [0.05, 0.1) is 0 Å². The monoisotopic (exact) mass is 274 g/mol. The van der Waals surface area contributed by atoms with Crippen LogP contribution in [0.3, 0.4) is 0 Å². The molecule has 0 amide bonds. The molecule has 0 spiro atoms. The Kier molecular flexibility index (Phi) is 7.51. The second-order valence-corrected chi connectivity index (χ2v) is 2.71. The molecule has 2 aromatic carbocycles. The van der Waals surface area contributed by atoms with Crippen LogP contribution in [-0.4, -0.2) is 0 Å². The van der Waals surface area contributed by atoms with Crippen molar-refractivity contribution in [1.82, 2.24) is 0 Å². The van der Waals surface area contributed by atoms with Crippen LogP contribution in [0.5, 0.6) is 0 Å². The largest absolute Gasteiger partial charge is 2.00 e. The second-order valence-electron chi connectivity index (χ2n) is 2.71. The normalized spacial score (nSPS) is 8.71. The molecule has 86 valence electrons. The Morgan fingerprint density at radius 3 is 1.24 bits per heavy atom. The summed E-state index contributed by atoms with van der Waals surface area (Å²) in [6.45, 7) is 0. The minimum atomic E-state index is -0.662. The molecule has 2 rings (SSSR count). The summed E-state index contributed by atoms with van der Waals surface area (Å²) in [6, 6.07) is 10.6. The van der Waals surface area contributed by atoms with Gasteiger partial charge in [0.2, 0.25) is 0 Å². The van der Waals surface area contributed by atoms with Crippen LogP contribution in [0.2, 0.25) is 0 Å². The Labute approximate surface area is 111 Å². The molecule has 0 unspecified atom stereocenters. The Hall–Kier alpha value is -1.13. The van der Waals surface area contributed by atoms with Crippen LogP contribution in [0.15, 0.2) is 36.4 Å². The molecule has 0 atom stereocenters. The Morgan fingerprint density at radius 1 is 0.706 bits per heavy atom. The fourth-order valence-corrected chi connectivity index (χ4v) is 0.823. The minimum Gasteiger partial charge on any atom is -0.236 e. The average Bonchev–Trinajstić information content (AvgIpc) is 2.17. The Bertz CT molecular complexity index is 382. The molecule has 0 heterocycles. The molecule has 0 nitrogen and oxygen atoms in total. The van der Waals surface area contributed by atoms with Crippen molar-refractivity contribution in [1.29, 1.82) is 0 Å². The molecule has 0 saturated carbocycles. The SMILES string of the molecule is Fc1[c-]ccc(F)c1.Fc1[c-]ccc(F)c1.[Ti+2]. The van der Waals surface area contributed by atoms with Crippen molar-refractivity contribution in [3.63, 3.8) is 0 Å². The van der Waals surface area contributed by atoms with E-state index in [1.165, 1.54) is 12.1 Å². The number of rotatable bonds is 0.